The van der Waals surface area contributed by atoms with E-state index in [0.717, 1.165) is 5.57 Å². The van der Waals surface area contributed by atoms with Gasteiger partial charge in [0.05, 0.1) is 5.41 Å². The van der Waals surface area contributed by atoms with Crippen LogP contribution in [0.5, 0.6) is 0 Å². The third kappa shape index (κ3) is 1.28. The third-order valence-electron chi connectivity index (χ3n) is 3.09. The predicted molar refractivity (Wildman–Crippen MR) is 52.3 cm³/mol. The third-order valence-corrected chi connectivity index (χ3v) is 3.09. The number of ether oxygens (including phenoxy) is 1. The number of allylic oxidation sites excluding steroid dienone is 2. The molecule has 1 aliphatic heterocycles. The van der Waals surface area contributed by atoms with E-state index in [-0.39, 0.29) is 5.78 Å². The molecule has 13 heavy (non-hydrogen) atoms. The summed E-state index contributed by atoms with van der Waals surface area (Å²) in [5.74, 6) is 0.674. The Morgan fingerprint density at radius 1 is 1.15 bits per heavy atom. The van der Waals surface area contributed by atoms with E-state index in [2.05, 4.69) is 0 Å². The van der Waals surface area contributed by atoms with E-state index in [0.29, 0.717) is 5.76 Å². The first-order valence-electron chi connectivity index (χ1n) is 4.61. The van der Waals surface area contributed by atoms with Gasteiger partial charge in [-0.05, 0) is 47.1 Å². The average Bonchev–Trinajstić information content (AvgIpc) is 2.11. The molecule has 0 atom stereocenters. The van der Waals surface area contributed by atoms with Gasteiger partial charge < -0.3 is 4.74 Å². The van der Waals surface area contributed by atoms with Crippen LogP contribution in [0.2, 0.25) is 0 Å². The van der Waals surface area contributed by atoms with E-state index in [4.69, 9.17) is 4.74 Å². The Bertz CT molecular complexity index is 278. The summed E-state index contributed by atoms with van der Waals surface area (Å²) in [5.41, 5.74) is 0.152. The lowest BCUT2D eigenvalue weighted by molar-refractivity contribution is -0.123. The molecule has 0 aromatic heterocycles. The van der Waals surface area contributed by atoms with E-state index in [1.807, 2.05) is 41.5 Å². The van der Waals surface area contributed by atoms with Gasteiger partial charge in [-0.2, -0.15) is 0 Å². The number of carbonyl (C=O) groups is 1. The van der Waals surface area contributed by atoms with Crippen LogP contribution in [0, 0.1) is 5.41 Å². The van der Waals surface area contributed by atoms with Gasteiger partial charge in [0.1, 0.15) is 5.60 Å². The van der Waals surface area contributed by atoms with Crippen molar-refractivity contribution >= 4 is 5.78 Å². The summed E-state index contributed by atoms with van der Waals surface area (Å²) in [6, 6.07) is 0. The standard InChI is InChI=1S/C11H18O2/c1-7(2)8-9(12)10(3,4)11(5,6)13-8/h1-6H3. The molecule has 1 heterocycles. The summed E-state index contributed by atoms with van der Waals surface area (Å²) >= 11 is 0. The summed E-state index contributed by atoms with van der Waals surface area (Å²) in [7, 11) is 0. The molecule has 0 unspecified atom stereocenters. The second kappa shape index (κ2) is 2.60. The second-order valence-corrected chi connectivity index (χ2v) is 4.90. The van der Waals surface area contributed by atoms with E-state index < -0.39 is 11.0 Å². The predicted octanol–water partition coefficient (Wildman–Crippen LogP) is 2.68. The minimum Gasteiger partial charge on any atom is -0.483 e. The number of Topliss-reactive ketones (excluding diaryl/α,β-unsaturated/α-hetero) is 1. The fraction of sp³-hybridized carbons (Fsp3) is 0.727. The van der Waals surface area contributed by atoms with Gasteiger partial charge in [0, 0.05) is 0 Å². The van der Waals surface area contributed by atoms with Gasteiger partial charge >= 0.3 is 0 Å². The highest BCUT2D eigenvalue weighted by Crippen LogP contribution is 2.45. The number of rotatable bonds is 0. The zero-order valence-corrected chi connectivity index (χ0v) is 9.32. The van der Waals surface area contributed by atoms with Crippen molar-refractivity contribution in [3.05, 3.63) is 11.3 Å². The van der Waals surface area contributed by atoms with Crippen LogP contribution in [-0.4, -0.2) is 11.4 Å². The van der Waals surface area contributed by atoms with Crippen molar-refractivity contribution in [2.45, 2.75) is 47.1 Å². The second-order valence-electron chi connectivity index (χ2n) is 4.90. The zero-order valence-electron chi connectivity index (χ0n) is 9.32. The highest BCUT2D eigenvalue weighted by Gasteiger charge is 2.53. The molecule has 1 rings (SSSR count). The molecular weight excluding hydrogens is 164 g/mol. The highest BCUT2D eigenvalue weighted by molar-refractivity contribution is 6.01. The van der Waals surface area contributed by atoms with Crippen molar-refractivity contribution < 1.29 is 9.53 Å². The van der Waals surface area contributed by atoms with Crippen LogP contribution in [0.15, 0.2) is 11.3 Å². The lowest BCUT2D eigenvalue weighted by Gasteiger charge is -2.30. The van der Waals surface area contributed by atoms with Crippen LogP contribution in [0.4, 0.5) is 0 Å². The summed E-state index contributed by atoms with van der Waals surface area (Å²) in [5, 5.41) is 0. The molecule has 0 spiro atoms. The van der Waals surface area contributed by atoms with Crippen molar-refractivity contribution in [3.63, 3.8) is 0 Å². The Morgan fingerprint density at radius 3 is 1.77 bits per heavy atom. The minimum absolute atomic E-state index is 0.123. The van der Waals surface area contributed by atoms with Gasteiger partial charge in [0.15, 0.2) is 5.76 Å². The highest BCUT2D eigenvalue weighted by atomic mass is 16.5. The fourth-order valence-electron chi connectivity index (χ4n) is 1.32. The largest absolute Gasteiger partial charge is 0.483 e. The Kier molecular flexibility index (Phi) is 2.06. The number of hydrogen-bond acceptors (Lipinski definition) is 2. The molecule has 0 aromatic rings. The molecule has 0 bridgehead atoms. The molecule has 0 saturated carbocycles. The monoisotopic (exact) mass is 182 g/mol. The van der Waals surface area contributed by atoms with Crippen LogP contribution in [0.1, 0.15) is 41.5 Å². The maximum atomic E-state index is 11.9. The Balaban J connectivity index is 3.22. The zero-order chi connectivity index (χ0) is 10.4. The van der Waals surface area contributed by atoms with Gasteiger partial charge in [-0.1, -0.05) is 0 Å². The Hall–Kier alpha value is -0.790. The molecule has 2 heteroatoms. The number of ketones is 1. The molecule has 74 valence electrons. The van der Waals surface area contributed by atoms with Crippen LogP contribution < -0.4 is 0 Å². The van der Waals surface area contributed by atoms with Crippen LogP contribution in [-0.2, 0) is 9.53 Å². The van der Waals surface area contributed by atoms with Gasteiger partial charge in [0.2, 0.25) is 5.78 Å². The molecule has 0 amide bonds. The molecule has 2 nitrogen and oxygen atoms in total. The number of hydrogen-bond donors (Lipinski definition) is 0. The van der Waals surface area contributed by atoms with Gasteiger partial charge in [0.25, 0.3) is 0 Å². The van der Waals surface area contributed by atoms with Crippen molar-refractivity contribution in [2.75, 3.05) is 0 Å². The normalized spacial score (nSPS) is 24.5. The van der Waals surface area contributed by atoms with Crippen molar-refractivity contribution in [1.29, 1.82) is 0 Å². The molecule has 0 radical (unpaired) electrons. The Labute approximate surface area is 80.0 Å². The summed E-state index contributed by atoms with van der Waals surface area (Å²) in [4.78, 5) is 11.9. The number of carbonyl (C=O) groups excluding carboxylic acids is 1. The maximum Gasteiger partial charge on any atom is 0.206 e. The molecule has 1 fully saturated rings. The molecule has 1 saturated heterocycles. The van der Waals surface area contributed by atoms with Crippen LogP contribution in [0.3, 0.4) is 0 Å². The van der Waals surface area contributed by atoms with Gasteiger partial charge in [-0.15, -0.1) is 0 Å². The van der Waals surface area contributed by atoms with Crippen molar-refractivity contribution in [1.82, 2.24) is 0 Å². The lowest BCUT2D eigenvalue weighted by atomic mass is 9.76. The molecule has 0 aromatic carbocycles. The smallest absolute Gasteiger partial charge is 0.206 e. The first kappa shape index (κ1) is 10.3. The fourth-order valence-corrected chi connectivity index (χ4v) is 1.32. The van der Waals surface area contributed by atoms with E-state index >= 15 is 0 Å². The summed E-state index contributed by atoms with van der Waals surface area (Å²) in [6.07, 6.45) is 0. The summed E-state index contributed by atoms with van der Waals surface area (Å²) < 4.78 is 5.67. The van der Waals surface area contributed by atoms with E-state index in [9.17, 15) is 4.79 Å². The SMILES string of the molecule is CC(C)=C1OC(C)(C)C(C)(C)C1=O. The van der Waals surface area contributed by atoms with Crippen molar-refractivity contribution in [3.8, 4) is 0 Å². The lowest BCUT2D eigenvalue weighted by Crippen LogP contribution is -2.38. The summed E-state index contributed by atoms with van der Waals surface area (Å²) in [6.45, 7) is 11.6. The molecule has 1 aliphatic rings. The molecular formula is C11H18O2. The minimum atomic E-state index is -0.417. The average molecular weight is 182 g/mol. The van der Waals surface area contributed by atoms with Gasteiger partial charge in [-0.3, -0.25) is 4.79 Å². The van der Waals surface area contributed by atoms with Crippen molar-refractivity contribution in [2.24, 2.45) is 5.41 Å². The topological polar surface area (TPSA) is 26.3 Å². The Morgan fingerprint density at radius 2 is 1.62 bits per heavy atom. The van der Waals surface area contributed by atoms with Crippen LogP contribution in [0.25, 0.3) is 0 Å². The van der Waals surface area contributed by atoms with E-state index in [1.54, 1.807) is 0 Å². The first-order valence-corrected chi connectivity index (χ1v) is 4.61. The maximum absolute atomic E-state index is 11.9. The molecule has 0 aliphatic carbocycles. The van der Waals surface area contributed by atoms with E-state index in [1.165, 1.54) is 0 Å². The van der Waals surface area contributed by atoms with Gasteiger partial charge in [-0.25, -0.2) is 0 Å². The quantitative estimate of drug-likeness (QED) is 0.538. The molecule has 0 N–H and O–H groups in total. The van der Waals surface area contributed by atoms with Crippen LogP contribution >= 0.6 is 0 Å². The first-order chi connectivity index (χ1) is 5.70.